The Morgan fingerprint density at radius 1 is 1.50 bits per heavy atom. The topological polar surface area (TPSA) is 111 Å². The summed E-state index contributed by atoms with van der Waals surface area (Å²) in [7, 11) is 0. The van der Waals surface area contributed by atoms with Gasteiger partial charge in [0.15, 0.2) is 18.0 Å². The van der Waals surface area contributed by atoms with E-state index in [9.17, 15) is 4.79 Å². The van der Waals surface area contributed by atoms with E-state index in [2.05, 4.69) is 19.9 Å². The fraction of sp³-hybridized carbons (Fsp3) is 0.143. The number of aromatic amines is 1. The largest absolute Gasteiger partial charge is 0.440 e. The number of hydrogen-bond donors (Lipinski definition) is 2. The molecular formula is C7H7N5O2. The van der Waals surface area contributed by atoms with Gasteiger partial charge in [0.2, 0.25) is 5.95 Å². The van der Waals surface area contributed by atoms with E-state index in [1.165, 1.54) is 6.39 Å². The minimum absolute atomic E-state index is 0.0976. The van der Waals surface area contributed by atoms with Gasteiger partial charge >= 0.3 is 5.69 Å². The summed E-state index contributed by atoms with van der Waals surface area (Å²) in [6.45, 7) is 1.73. The van der Waals surface area contributed by atoms with Crippen LogP contribution >= 0.6 is 0 Å². The minimum Gasteiger partial charge on any atom is -0.440 e. The molecule has 0 fully saturated rings. The lowest BCUT2D eigenvalue weighted by Crippen LogP contribution is -2.15. The van der Waals surface area contributed by atoms with Crippen LogP contribution in [0.25, 0.3) is 11.6 Å². The van der Waals surface area contributed by atoms with Crippen LogP contribution in [0.2, 0.25) is 0 Å². The fourth-order valence-electron chi connectivity index (χ4n) is 1.04. The second-order valence-electron chi connectivity index (χ2n) is 2.63. The highest BCUT2D eigenvalue weighted by molar-refractivity contribution is 5.49. The SMILES string of the molecule is Cc1ncoc1-c1nc(N)nc(=O)[nH]1. The zero-order chi connectivity index (χ0) is 10.1. The molecule has 3 N–H and O–H groups in total. The van der Waals surface area contributed by atoms with Crippen molar-refractivity contribution >= 4 is 5.95 Å². The molecule has 0 unspecified atom stereocenters. The van der Waals surface area contributed by atoms with Crippen molar-refractivity contribution < 1.29 is 4.42 Å². The molecule has 0 aliphatic heterocycles. The van der Waals surface area contributed by atoms with E-state index in [4.69, 9.17) is 10.2 Å². The van der Waals surface area contributed by atoms with Gasteiger partial charge in [-0.25, -0.2) is 9.78 Å². The number of H-pyrrole nitrogens is 1. The zero-order valence-corrected chi connectivity index (χ0v) is 7.31. The molecule has 2 rings (SSSR count). The Labute approximate surface area is 78.0 Å². The van der Waals surface area contributed by atoms with Crippen LogP contribution in [0, 0.1) is 6.92 Å². The van der Waals surface area contributed by atoms with Crippen LogP contribution in [0.3, 0.4) is 0 Å². The minimum atomic E-state index is -0.566. The van der Waals surface area contributed by atoms with Gasteiger partial charge in [-0.2, -0.15) is 9.97 Å². The normalized spacial score (nSPS) is 10.4. The first-order valence-corrected chi connectivity index (χ1v) is 3.81. The van der Waals surface area contributed by atoms with Gasteiger partial charge in [-0.3, -0.25) is 4.98 Å². The molecular weight excluding hydrogens is 186 g/mol. The molecule has 7 nitrogen and oxygen atoms in total. The molecule has 0 amide bonds. The number of oxazole rings is 1. The first-order chi connectivity index (χ1) is 6.66. The van der Waals surface area contributed by atoms with Crippen LogP contribution in [-0.4, -0.2) is 19.9 Å². The summed E-state index contributed by atoms with van der Waals surface area (Å²) in [6.07, 6.45) is 1.27. The fourth-order valence-corrected chi connectivity index (χ4v) is 1.04. The Morgan fingerprint density at radius 3 is 2.86 bits per heavy atom. The smallest absolute Gasteiger partial charge is 0.349 e. The van der Waals surface area contributed by atoms with Gasteiger partial charge in [0.25, 0.3) is 0 Å². The van der Waals surface area contributed by atoms with Gasteiger partial charge in [-0.15, -0.1) is 0 Å². The Balaban J connectivity index is 2.63. The first-order valence-electron chi connectivity index (χ1n) is 3.81. The van der Waals surface area contributed by atoms with Crippen LogP contribution in [0.1, 0.15) is 5.69 Å². The molecule has 0 saturated heterocycles. The van der Waals surface area contributed by atoms with Gasteiger partial charge in [0.1, 0.15) is 0 Å². The van der Waals surface area contributed by atoms with Crippen molar-refractivity contribution in [1.29, 1.82) is 0 Å². The molecule has 0 aromatic carbocycles. The number of aryl methyl sites for hydroxylation is 1. The van der Waals surface area contributed by atoms with E-state index >= 15 is 0 Å². The quantitative estimate of drug-likeness (QED) is 0.643. The average molecular weight is 193 g/mol. The second kappa shape index (κ2) is 2.95. The van der Waals surface area contributed by atoms with E-state index in [0.717, 1.165) is 0 Å². The summed E-state index contributed by atoms with van der Waals surface area (Å²) < 4.78 is 5.03. The highest BCUT2D eigenvalue weighted by Gasteiger charge is 2.10. The lowest BCUT2D eigenvalue weighted by atomic mass is 10.3. The standard InChI is InChI=1S/C7H7N5O2/c1-3-4(14-2-9-3)5-10-6(8)12-7(13)11-5/h2H,1H3,(H3,8,10,11,12,13). The monoisotopic (exact) mass is 193 g/mol. The first kappa shape index (κ1) is 8.42. The van der Waals surface area contributed by atoms with Crippen molar-refractivity contribution in [3.05, 3.63) is 22.6 Å². The molecule has 0 aliphatic carbocycles. The molecule has 0 saturated carbocycles. The number of nitrogens with one attached hydrogen (secondary N) is 1. The predicted octanol–water partition coefficient (Wildman–Crippen LogP) is -0.289. The van der Waals surface area contributed by atoms with Gasteiger partial charge < -0.3 is 10.2 Å². The van der Waals surface area contributed by atoms with Crippen molar-refractivity contribution in [2.45, 2.75) is 6.92 Å². The molecule has 14 heavy (non-hydrogen) atoms. The van der Waals surface area contributed by atoms with Crippen LogP contribution in [0.15, 0.2) is 15.6 Å². The molecule has 7 heteroatoms. The number of aromatic nitrogens is 4. The summed E-state index contributed by atoms with van der Waals surface area (Å²) in [5.74, 6) is 0.522. The lowest BCUT2D eigenvalue weighted by Gasteiger charge is -1.96. The van der Waals surface area contributed by atoms with Crippen molar-refractivity contribution in [1.82, 2.24) is 19.9 Å². The zero-order valence-electron chi connectivity index (χ0n) is 7.31. The van der Waals surface area contributed by atoms with E-state index in [1.807, 2.05) is 0 Å². The van der Waals surface area contributed by atoms with Crippen LogP contribution in [0.4, 0.5) is 5.95 Å². The van der Waals surface area contributed by atoms with Crippen LogP contribution < -0.4 is 11.4 Å². The molecule has 0 atom stereocenters. The third-order valence-electron chi connectivity index (χ3n) is 1.63. The predicted molar refractivity (Wildman–Crippen MR) is 47.3 cm³/mol. The molecule has 0 bridgehead atoms. The summed E-state index contributed by atoms with van der Waals surface area (Å²) in [5, 5.41) is 0. The molecule has 2 aromatic rings. The van der Waals surface area contributed by atoms with E-state index in [0.29, 0.717) is 11.5 Å². The number of anilines is 1. The van der Waals surface area contributed by atoms with Gasteiger partial charge in [-0.05, 0) is 6.92 Å². The highest BCUT2D eigenvalue weighted by atomic mass is 16.3. The number of hydrogen-bond acceptors (Lipinski definition) is 6. The van der Waals surface area contributed by atoms with E-state index < -0.39 is 5.69 Å². The molecule has 0 aliphatic rings. The molecule has 0 spiro atoms. The number of nitrogen functional groups attached to an aromatic ring is 1. The lowest BCUT2D eigenvalue weighted by molar-refractivity contribution is 0.566. The van der Waals surface area contributed by atoms with Crippen molar-refractivity contribution in [3.8, 4) is 11.6 Å². The number of nitrogens with two attached hydrogens (primary N) is 1. The molecule has 72 valence electrons. The third kappa shape index (κ3) is 1.35. The van der Waals surface area contributed by atoms with Crippen LogP contribution in [-0.2, 0) is 0 Å². The Kier molecular flexibility index (Phi) is 1.77. The van der Waals surface area contributed by atoms with E-state index in [1.54, 1.807) is 6.92 Å². The molecule has 0 radical (unpaired) electrons. The van der Waals surface area contributed by atoms with Crippen molar-refractivity contribution in [3.63, 3.8) is 0 Å². The highest BCUT2D eigenvalue weighted by Crippen LogP contribution is 2.16. The van der Waals surface area contributed by atoms with Crippen LogP contribution in [0.5, 0.6) is 0 Å². The van der Waals surface area contributed by atoms with Crippen molar-refractivity contribution in [2.75, 3.05) is 5.73 Å². The van der Waals surface area contributed by atoms with Crippen molar-refractivity contribution in [2.24, 2.45) is 0 Å². The summed E-state index contributed by atoms with van der Waals surface area (Å²) in [6, 6.07) is 0. The molecule has 2 aromatic heterocycles. The Morgan fingerprint density at radius 2 is 2.29 bits per heavy atom. The van der Waals surface area contributed by atoms with Gasteiger partial charge in [-0.1, -0.05) is 0 Å². The maximum Gasteiger partial charge on any atom is 0.349 e. The Bertz CT molecular complexity index is 515. The van der Waals surface area contributed by atoms with E-state index in [-0.39, 0.29) is 11.8 Å². The maximum atomic E-state index is 11.0. The third-order valence-corrected chi connectivity index (χ3v) is 1.63. The molecule has 2 heterocycles. The van der Waals surface area contributed by atoms with Gasteiger partial charge in [0, 0.05) is 0 Å². The Hall–Kier alpha value is -2.18. The summed E-state index contributed by atoms with van der Waals surface area (Å²) in [5.41, 5.74) is 5.37. The number of rotatable bonds is 1. The second-order valence-corrected chi connectivity index (χ2v) is 2.63. The number of nitrogens with zero attached hydrogens (tertiary/aromatic N) is 3. The summed E-state index contributed by atoms with van der Waals surface area (Å²) in [4.78, 5) is 24.4. The average Bonchev–Trinajstić information content (AvgIpc) is 2.49. The maximum absolute atomic E-state index is 11.0. The van der Waals surface area contributed by atoms with Gasteiger partial charge in [0.05, 0.1) is 5.69 Å². The summed E-state index contributed by atoms with van der Waals surface area (Å²) >= 11 is 0.